The van der Waals surface area contributed by atoms with Crippen molar-refractivity contribution in [3.05, 3.63) is 29.8 Å². The molecule has 1 N–H and O–H groups in total. The van der Waals surface area contributed by atoms with Crippen LogP contribution in [0.25, 0.3) is 0 Å². The van der Waals surface area contributed by atoms with Crippen molar-refractivity contribution in [1.82, 2.24) is 4.90 Å². The Labute approximate surface area is 124 Å². The highest BCUT2D eigenvalue weighted by Crippen LogP contribution is 2.27. The van der Waals surface area contributed by atoms with Gasteiger partial charge in [-0.2, -0.15) is 0 Å². The van der Waals surface area contributed by atoms with Crippen LogP contribution in [0.3, 0.4) is 0 Å². The zero-order valence-electron chi connectivity index (χ0n) is 12.0. The monoisotopic (exact) mass is 288 g/mol. The van der Waals surface area contributed by atoms with Gasteiger partial charge in [0, 0.05) is 31.1 Å². The highest BCUT2D eigenvalue weighted by atomic mass is 16.5. The van der Waals surface area contributed by atoms with Crippen LogP contribution in [0.2, 0.25) is 0 Å². The summed E-state index contributed by atoms with van der Waals surface area (Å²) in [6, 6.07) is 7.85. The number of nitrogens with one attached hydrogen (secondary N) is 1. The number of amides is 2. The quantitative estimate of drug-likeness (QED) is 0.915. The fourth-order valence-electron chi connectivity index (χ4n) is 2.91. The molecular formula is C16H20N2O3. The van der Waals surface area contributed by atoms with Crippen LogP contribution in [0.15, 0.2) is 24.3 Å². The average Bonchev–Trinajstić information content (AvgIpc) is 2.53. The minimum atomic E-state index is -0.107. The third kappa shape index (κ3) is 3.24. The van der Waals surface area contributed by atoms with E-state index >= 15 is 0 Å². The number of para-hydroxylation sites is 1. The second-order valence-corrected chi connectivity index (χ2v) is 5.58. The first-order chi connectivity index (χ1) is 10.2. The number of ether oxygens (including phenoxy) is 1. The van der Waals surface area contributed by atoms with Crippen LogP contribution in [-0.4, -0.2) is 43.0 Å². The topological polar surface area (TPSA) is 58.6 Å². The van der Waals surface area contributed by atoms with Crippen LogP contribution in [0.1, 0.15) is 18.4 Å². The minimum Gasteiger partial charge on any atom is -0.378 e. The SMILES string of the molecule is O=C1Nc2ccccc2CC1CCC(=O)N1CCOCC1. The van der Waals surface area contributed by atoms with Crippen LogP contribution in [0.5, 0.6) is 0 Å². The molecule has 0 aliphatic carbocycles. The number of carbonyl (C=O) groups excluding carboxylic acids is 2. The molecule has 1 unspecified atom stereocenters. The molecule has 1 aromatic rings. The molecule has 2 aliphatic heterocycles. The van der Waals surface area contributed by atoms with Crippen molar-refractivity contribution < 1.29 is 14.3 Å². The Morgan fingerprint density at radius 2 is 2.05 bits per heavy atom. The zero-order valence-corrected chi connectivity index (χ0v) is 12.0. The third-order valence-corrected chi connectivity index (χ3v) is 4.18. The Morgan fingerprint density at radius 3 is 2.86 bits per heavy atom. The molecule has 1 aromatic carbocycles. The summed E-state index contributed by atoms with van der Waals surface area (Å²) >= 11 is 0. The highest BCUT2D eigenvalue weighted by molar-refractivity contribution is 5.96. The van der Waals surface area contributed by atoms with Gasteiger partial charge in [0.15, 0.2) is 0 Å². The number of rotatable bonds is 3. The molecule has 2 amide bonds. The number of fused-ring (bicyclic) bond motifs is 1. The van der Waals surface area contributed by atoms with Crippen molar-refractivity contribution in [1.29, 1.82) is 0 Å². The molecule has 2 heterocycles. The number of hydrogen-bond acceptors (Lipinski definition) is 3. The van der Waals surface area contributed by atoms with E-state index in [0.29, 0.717) is 39.1 Å². The first kappa shape index (κ1) is 14.1. The van der Waals surface area contributed by atoms with Crippen LogP contribution in [0.4, 0.5) is 5.69 Å². The van der Waals surface area contributed by atoms with Crippen molar-refractivity contribution in [3.8, 4) is 0 Å². The first-order valence-electron chi connectivity index (χ1n) is 7.48. The molecule has 0 radical (unpaired) electrons. The second kappa shape index (κ2) is 6.26. The molecule has 112 valence electrons. The van der Waals surface area contributed by atoms with Gasteiger partial charge in [-0.15, -0.1) is 0 Å². The summed E-state index contributed by atoms with van der Waals surface area (Å²) in [4.78, 5) is 26.1. The van der Waals surface area contributed by atoms with E-state index in [2.05, 4.69) is 5.32 Å². The number of carbonyl (C=O) groups is 2. The van der Waals surface area contributed by atoms with Gasteiger partial charge in [-0.3, -0.25) is 9.59 Å². The lowest BCUT2D eigenvalue weighted by Gasteiger charge is -2.28. The van der Waals surface area contributed by atoms with E-state index < -0.39 is 0 Å². The molecule has 1 fully saturated rings. The van der Waals surface area contributed by atoms with Crippen molar-refractivity contribution >= 4 is 17.5 Å². The molecule has 5 heteroatoms. The van der Waals surface area contributed by atoms with Crippen LogP contribution >= 0.6 is 0 Å². The predicted octanol–water partition coefficient (Wildman–Crippen LogP) is 1.44. The van der Waals surface area contributed by atoms with E-state index in [0.717, 1.165) is 17.7 Å². The predicted molar refractivity (Wildman–Crippen MR) is 78.9 cm³/mol. The minimum absolute atomic E-state index is 0.0310. The molecule has 2 aliphatic rings. The Morgan fingerprint density at radius 1 is 1.29 bits per heavy atom. The van der Waals surface area contributed by atoms with Crippen molar-refractivity contribution in [2.24, 2.45) is 5.92 Å². The molecular weight excluding hydrogens is 268 g/mol. The Balaban J connectivity index is 1.56. The van der Waals surface area contributed by atoms with E-state index in [1.54, 1.807) is 0 Å². The Hall–Kier alpha value is -1.88. The number of nitrogens with zero attached hydrogens (tertiary/aromatic N) is 1. The second-order valence-electron chi connectivity index (χ2n) is 5.58. The average molecular weight is 288 g/mol. The molecule has 1 atom stereocenters. The fourth-order valence-corrected chi connectivity index (χ4v) is 2.91. The summed E-state index contributed by atoms with van der Waals surface area (Å²) < 4.78 is 5.24. The summed E-state index contributed by atoms with van der Waals surface area (Å²) in [5, 5.41) is 2.93. The van der Waals surface area contributed by atoms with Crippen molar-refractivity contribution in [3.63, 3.8) is 0 Å². The maximum atomic E-state index is 12.1. The van der Waals surface area contributed by atoms with E-state index in [-0.39, 0.29) is 17.7 Å². The Bertz CT molecular complexity index is 538. The molecule has 0 spiro atoms. The lowest BCUT2D eigenvalue weighted by atomic mass is 9.89. The first-order valence-corrected chi connectivity index (χ1v) is 7.48. The number of anilines is 1. The molecule has 21 heavy (non-hydrogen) atoms. The van der Waals surface area contributed by atoms with Crippen LogP contribution in [-0.2, 0) is 20.7 Å². The van der Waals surface area contributed by atoms with E-state index in [9.17, 15) is 9.59 Å². The molecule has 0 bridgehead atoms. The third-order valence-electron chi connectivity index (χ3n) is 4.18. The normalized spacial score (nSPS) is 21.6. The fraction of sp³-hybridized carbons (Fsp3) is 0.500. The largest absolute Gasteiger partial charge is 0.378 e. The summed E-state index contributed by atoms with van der Waals surface area (Å²) in [6.45, 7) is 2.56. The Kier molecular flexibility index (Phi) is 4.20. The number of morpholine rings is 1. The summed E-state index contributed by atoms with van der Waals surface area (Å²) in [5.41, 5.74) is 2.05. The summed E-state index contributed by atoms with van der Waals surface area (Å²) in [7, 11) is 0. The van der Waals surface area contributed by atoms with Gasteiger partial charge in [0.05, 0.1) is 13.2 Å². The summed E-state index contributed by atoms with van der Waals surface area (Å²) in [5.74, 6) is 0.0540. The lowest BCUT2D eigenvalue weighted by molar-refractivity contribution is -0.135. The van der Waals surface area contributed by atoms with Gasteiger partial charge in [-0.05, 0) is 24.5 Å². The van der Waals surface area contributed by atoms with Crippen LogP contribution in [0, 0.1) is 5.92 Å². The maximum Gasteiger partial charge on any atom is 0.227 e. The van der Waals surface area contributed by atoms with E-state index in [1.807, 2.05) is 29.2 Å². The van der Waals surface area contributed by atoms with Gasteiger partial charge in [0.25, 0.3) is 0 Å². The van der Waals surface area contributed by atoms with Crippen LogP contribution < -0.4 is 5.32 Å². The van der Waals surface area contributed by atoms with Gasteiger partial charge in [-0.1, -0.05) is 18.2 Å². The smallest absolute Gasteiger partial charge is 0.227 e. The van der Waals surface area contributed by atoms with Crippen molar-refractivity contribution in [2.45, 2.75) is 19.3 Å². The zero-order chi connectivity index (χ0) is 14.7. The van der Waals surface area contributed by atoms with Crippen molar-refractivity contribution in [2.75, 3.05) is 31.6 Å². The van der Waals surface area contributed by atoms with Gasteiger partial charge < -0.3 is 15.0 Å². The molecule has 0 aromatic heterocycles. The maximum absolute atomic E-state index is 12.1. The van der Waals surface area contributed by atoms with Gasteiger partial charge in [0.2, 0.25) is 11.8 Å². The summed E-state index contributed by atoms with van der Waals surface area (Å²) in [6.07, 6.45) is 1.76. The molecule has 5 nitrogen and oxygen atoms in total. The van der Waals surface area contributed by atoms with Gasteiger partial charge in [0.1, 0.15) is 0 Å². The molecule has 0 saturated carbocycles. The molecule has 1 saturated heterocycles. The van der Waals surface area contributed by atoms with E-state index in [4.69, 9.17) is 4.74 Å². The number of benzene rings is 1. The molecule has 3 rings (SSSR count). The standard InChI is InChI=1S/C16H20N2O3/c19-15(18-7-9-21-10-8-18)6-5-13-11-12-3-1-2-4-14(12)17-16(13)20/h1-4,13H,5-11H2,(H,17,20). The van der Waals surface area contributed by atoms with Gasteiger partial charge >= 0.3 is 0 Å². The number of hydrogen-bond donors (Lipinski definition) is 1. The lowest BCUT2D eigenvalue weighted by Crippen LogP contribution is -2.41. The van der Waals surface area contributed by atoms with Gasteiger partial charge in [-0.25, -0.2) is 0 Å². The highest BCUT2D eigenvalue weighted by Gasteiger charge is 2.27. The van der Waals surface area contributed by atoms with E-state index in [1.165, 1.54) is 0 Å².